The summed E-state index contributed by atoms with van der Waals surface area (Å²) in [5, 5.41) is 0. The van der Waals surface area contributed by atoms with Crippen molar-refractivity contribution in [2.24, 2.45) is 46.3 Å². The fourth-order valence-electron chi connectivity index (χ4n) is 7.52. The molecule has 0 N–H and O–H groups in total. The average Bonchev–Trinajstić information content (AvgIpc) is 2.41. The molecule has 6 aliphatic rings. The molecule has 0 spiro atoms. The lowest BCUT2D eigenvalue weighted by Crippen LogP contribution is -2.57. The Labute approximate surface area is 133 Å². The zero-order chi connectivity index (χ0) is 15.2. The van der Waals surface area contributed by atoms with Crippen molar-refractivity contribution in [2.75, 3.05) is 0 Å². The maximum Gasteiger partial charge on any atom is 0.128 e. The molecule has 0 saturated heterocycles. The topological polar surface area (TPSA) is 0 Å². The van der Waals surface area contributed by atoms with E-state index in [1.54, 1.807) is 33.0 Å². The zero-order valence-electron chi connectivity index (χ0n) is 15.2. The van der Waals surface area contributed by atoms with Crippen molar-refractivity contribution in [3.63, 3.8) is 0 Å². The lowest BCUT2D eigenvalue weighted by molar-refractivity contribution is -0.106. The van der Waals surface area contributed by atoms with Crippen LogP contribution in [0.4, 0.5) is 0 Å². The molecule has 6 aliphatic carbocycles. The summed E-state index contributed by atoms with van der Waals surface area (Å²) in [6.45, 7) is 15.3. The molecule has 0 unspecified atom stereocenters. The maximum atomic E-state index is 2.59. The number of rotatable bonds is 2. The summed E-state index contributed by atoms with van der Waals surface area (Å²) in [5.74, 6) is 8.25. The van der Waals surface area contributed by atoms with Gasteiger partial charge in [0.15, 0.2) is 0 Å². The minimum Gasteiger partial charge on any atom is -0.0626 e. The van der Waals surface area contributed by atoms with Gasteiger partial charge in [-0.15, -0.1) is 0 Å². The molecule has 21 heavy (non-hydrogen) atoms. The standard InChI is InChI=1S/C20H35B/c1-11-15-7-13(19(15,3)4)9-17(11)21-18-10-14-8-16(12(18)2)20(14,5)6/h11-18,21H,7-10H2,1-6H3/t11-,12-,13+,14+,15-,16-,17+,18+/m1/s1. The van der Waals surface area contributed by atoms with E-state index < -0.39 is 0 Å². The minimum atomic E-state index is 0.665. The fraction of sp³-hybridized carbons (Fsp3) is 1.00. The second-order valence-corrected chi connectivity index (χ2v) is 10.7. The van der Waals surface area contributed by atoms with E-state index in [0.29, 0.717) is 10.8 Å². The first-order chi connectivity index (χ1) is 9.73. The van der Waals surface area contributed by atoms with E-state index >= 15 is 0 Å². The molecule has 1 heteroatoms. The summed E-state index contributed by atoms with van der Waals surface area (Å²) in [7, 11) is 1.56. The van der Waals surface area contributed by atoms with Crippen LogP contribution in [0.15, 0.2) is 0 Å². The molecular formula is C20H35B. The van der Waals surface area contributed by atoms with Gasteiger partial charge >= 0.3 is 0 Å². The fourth-order valence-corrected chi connectivity index (χ4v) is 7.52. The summed E-state index contributed by atoms with van der Waals surface area (Å²) < 4.78 is 0. The van der Waals surface area contributed by atoms with Crippen LogP contribution in [-0.2, 0) is 0 Å². The highest BCUT2D eigenvalue weighted by molar-refractivity contribution is 6.40. The molecule has 0 aromatic rings. The van der Waals surface area contributed by atoms with E-state index in [2.05, 4.69) is 41.5 Å². The van der Waals surface area contributed by atoms with Crippen LogP contribution >= 0.6 is 0 Å². The van der Waals surface area contributed by atoms with E-state index in [0.717, 1.165) is 47.1 Å². The van der Waals surface area contributed by atoms with Crippen LogP contribution in [0.25, 0.3) is 0 Å². The van der Waals surface area contributed by atoms with Crippen molar-refractivity contribution in [3.05, 3.63) is 0 Å². The van der Waals surface area contributed by atoms with Crippen molar-refractivity contribution in [1.82, 2.24) is 0 Å². The highest BCUT2D eigenvalue weighted by atomic mass is 14.6. The molecule has 8 atom stereocenters. The van der Waals surface area contributed by atoms with Gasteiger partial charge in [-0.2, -0.15) is 0 Å². The normalized spacial score (nSPS) is 56.1. The third-order valence-corrected chi connectivity index (χ3v) is 9.63. The Kier molecular flexibility index (Phi) is 3.02. The highest BCUT2D eigenvalue weighted by Crippen LogP contribution is 2.68. The van der Waals surface area contributed by atoms with Gasteiger partial charge in [0, 0.05) is 0 Å². The Hall–Kier alpha value is 0.0649. The van der Waals surface area contributed by atoms with E-state index in [9.17, 15) is 0 Å². The maximum absolute atomic E-state index is 2.59. The van der Waals surface area contributed by atoms with Gasteiger partial charge in [0.2, 0.25) is 0 Å². The second-order valence-electron chi connectivity index (χ2n) is 10.7. The first-order valence-electron chi connectivity index (χ1n) is 9.73. The molecule has 0 amide bonds. The summed E-state index contributed by atoms with van der Waals surface area (Å²) in [6.07, 6.45) is 6.19. The number of hydrogen-bond acceptors (Lipinski definition) is 0. The lowest BCUT2D eigenvalue weighted by atomic mass is 9.31. The molecule has 0 radical (unpaired) electrons. The monoisotopic (exact) mass is 286 g/mol. The Morgan fingerprint density at radius 2 is 1.05 bits per heavy atom. The highest BCUT2D eigenvalue weighted by Gasteiger charge is 2.59. The van der Waals surface area contributed by atoms with Crippen LogP contribution < -0.4 is 0 Å². The van der Waals surface area contributed by atoms with Gasteiger partial charge in [-0.3, -0.25) is 0 Å². The van der Waals surface area contributed by atoms with Crippen LogP contribution in [0.2, 0.25) is 11.6 Å². The third-order valence-electron chi connectivity index (χ3n) is 9.63. The van der Waals surface area contributed by atoms with Gasteiger partial charge in [-0.1, -0.05) is 66.0 Å². The summed E-state index contributed by atoms with van der Waals surface area (Å²) in [5.41, 5.74) is 1.33. The zero-order valence-corrected chi connectivity index (χ0v) is 15.2. The molecule has 118 valence electrons. The molecular weight excluding hydrogens is 251 g/mol. The Balaban J connectivity index is 1.42. The predicted molar refractivity (Wildman–Crippen MR) is 93.0 cm³/mol. The molecule has 0 aliphatic heterocycles. The van der Waals surface area contributed by atoms with Crippen molar-refractivity contribution in [1.29, 1.82) is 0 Å². The number of fused-ring (bicyclic) bond motifs is 4. The molecule has 6 rings (SSSR count). The van der Waals surface area contributed by atoms with Gasteiger partial charge in [0.05, 0.1) is 0 Å². The minimum absolute atomic E-state index is 0.665. The van der Waals surface area contributed by atoms with Crippen LogP contribution in [0.5, 0.6) is 0 Å². The molecule has 0 nitrogen and oxygen atoms in total. The summed E-state index contributed by atoms with van der Waals surface area (Å²) >= 11 is 0. The van der Waals surface area contributed by atoms with Crippen molar-refractivity contribution in [2.45, 2.75) is 78.9 Å². The van der Waals surface area contributed by atoms with Gasteiger partial charge in [0.25, 0.3) is 0 Å². The van der Waals surface area contributed by atoms with Gasteiger partial charge in [0.1, 0.15) is 7.28 Å². The second kappa shape index (κ2) is 4.32. The first-order valence-corrected chi connectivity index (χ1v) is 9.73. The molecule has 4 bridgehead atoms. The van der Waals surface area contributed by atoms with Crippen molar-refractivity contribution < 1.29 is 0 Å². The van der Waals surface area contributed by atoms with Gasteiger partial charge in [-0.25, -0.2) is 0 Å². The van der Waals surface area contributed by atoms with E-state index in [1.165, 1.54) is 0 Å². The summed E-state index contributed by atoms with van der Waals surface area (Å²) in [6, 6.07) is 0. The van der Waals surface area contributed by atoms with Crippen LogP contribution in [0.3, 0.4) is 0 Å². The molecule has 6 saturated carbocycles. The summed E-state index contributed by atoms with van der Waals surface area (Å²) in [4.78, 5) is 0. The Morgan fingerprint density at radius 3 is 1.33 bits per heavy atom. The average molecular weight is 286 g/mol. The Morgan fingerprint density at radius 1 is 0.667 bits per heavy atom. The van der Waals surface area contributed by atoms with Crippen LogP contribution in [0, 0.1) is 46.3 Å². The van der Waals surface area contributed by atoms with Crippen molar-refractivity contribution >= 4 is 7.28 Å². The first kappa shape index (κ1) is 14.6. The van der Waals surface area contributed by atoms with Crippen LogP contribution in [0.1, 0.15) is 67.2 Å². The third kappa shape index (κ3) is 1.81. The smallest absolute Gasteiger partial charge is 0.0626 e. The molecule has 0 aromatic carbocycles. The SMILES string of the molecule is C[C@@H]1[C@H]2C[C@@H](C[C@@H]1B[C@H]1C[C@@H]3C[C@H]([C@H]1C)C3(C)C)C2(C)C. The largest absolute Gasteiger partial charge is 0.128 e. The predicted octanol–water partition coefficient (Wildman–Crippen LogP) is 5.40. The van der Waals surface area contributed by atoms with Gasteiger partial charge < -0.3 is 0 Å². The Bertz CT molecular complexity index is 397. The molecule has 0 heterocycles. The van der Waals surface area contributed by atoms with E-state index in [1.807, 2.05) is 0 Å². The lowest BCUT2D eigenvalue weighted by Gasteiger charge is -2.65. The van der Waals surface area contributed by atoms with E-state index in [-0.39, 0.29) is 0 Å². The number of hydrogen-bond donors (Lipinski definition) is 0. The van der Waals surface area contributed by atoms with Crippen LogP contribution in [-0.4, -0.2) is 7.28 Å². The quantitative estimate of drug-likeness (QED) is 0.596. The molecule has 6 fully saturated rings. The van der Waals surface area contributed by atoms with Gasteiger partial charge in [-0.05, 0) is 59.2 Å². The van der Waals surface area contributed by atoms with E-state index in [4.69, 9.17) is 0 Å². The molecule has 0 aromatic heterocycles. The van der Waals surface area contributed by atoms with Crippen molar-refractivity contribution in [3.8, 4) is 0 Å².